The number of hydrogen-bond acceptors (Lipinski definition) is 18. The maximum absolute atomic E-state index is 13.4. The number of rotatable bonds is 57. The second-order valence-corrected chi connectivity index (χ2v) is 26.4. The summed E-state index contributed by atoms with van der Waals surface area (Å²) in [6, 6.07) is -0.896. The van der Waals surface area contributed by atoms with Gasteiger partial charge in [0.1, 0.15) is 73.2 Å². The monoisotopic (exact) mass is 1380 g/mol. The molecule has 17 atom stereocenters. The highest BCUT2D eigenvalue weighted by Gasteiger charge is 2.53. The number of unbranched alkanes of at least 4 members (excludes halogenated alkanes) is 21. The third kappa shape index (κ3) is 39.0. The summed E-state index contributed by atoms with van der Waals surface area (Å²) >= 11 is 0. The fourth-order valence-electron chi connectivity index (χ4n) is 12.0. The maximum Gasteiger partial charge on any atom is 0.220 e. The lowest BCUT2D eigenvalue weighted by molar-refractivity contribution is -0.379. The van der Waals surface area contributed by atoms with Crippen LogP contribution in [-0.2, 0) is 33.2 Å². The summed E-state index contributed by atoms with van der Waals surface area (Å²) in [5.74, 6) is -0.253. The molecule has 562 valence electrons. The minimum absolute atomic E-state index is 0.253. The van der Waals surface area contributed by atoms with Crippen LogP contribution < -0.4 is 5.32 Å². The number of amides is 1. The van der Waals surface area contributed by atoms with Crippen molar-refractivity contribution in [1.82, 2.24) is 5.32 Å². The fourth-order valence-corrected chi connectivity index (χ4v) is 12.0. The van der Waals surface area contributed by atoms with Gasteiger partial charge in [0.05, 0.1) is 38.6 Å². The van der Waals surface area contributed by atoms with Crippen LogP contribution in [0.3, 0.4) is 0 Å². The summed E-state index contributed by atoms with van der Waals surface area (Å²) in [6.07, 6.45) is 54.4. The van der Waals surface area contributed by atoms with Crippen molar-refractivity contribution in [2.45, 2.75) is 343 Å². The van der Waals surface area contributed by atoms with Crippen molar-refractivity contribution < 1.29 is 89.4 Å². The molecule has 0 aromatic heterocycles. The van der Waals surface area contributed by atoms with E-state index in [1.54, 1.807) is 0 Å². The number of carbonyl (C=O) groups excluding carboxylic acids is 1. The van der Waals surface area contributed by atoms with Gasteiger partial charge in [0.15, 0.2) is 18.9 Å². The van der Waals surface area contributed by atoms with E-state index in [1.165, 1.54) is 83.5 Å². The number of carbonyl (C=O) groups is 1. The van der Waals surface area contributed by atoms with E-state index in [0.717, 1.165) is 122 Å². The van der Waals surface area contributed by atoms with Gasteiger partial charge in [0.2, 0.25) is 5.91 Å². The summed E-state index contributed by atoms with van der Waals surface area (Å²) in [5.41, 5.74) is 0. The first-order valence-electron chi connectivity index (χ1n) is 37.8. The van der Waals surface area contributed by atoms with Gasteiger partial charge in [-0.1, -0.05) is 264 Å². The molecule has 0 aliphatic carbocycles. The third-order valence-corrected chi connectivity index (χ3v) is 18.1. The number of hydrogen-bond donors (Lipinski definition) is 12. The molecule has 3 heterocycles. The zero-order valence-electron chi connectivity index (χ0n) is 59.7. The number of aliphatic hydroxyl groups is 11. The fraction of sp³-hybridized carbons (Fsp3) is 0.734. The third-order valence-electron chi connectivity index (χ3n) is 18.1. The van der Waals surface area contributed by atoms with Gasteiger partial charge in [-0.05, 0) is 89.9 Å². The Balaban J connectivity index is 1.31. The molecule has 0 spiro atoms. The summed E-state index contributed by atoms with van der Waals surface area (Å²) in [4.78, 5) is 13.4. The van der Waals surface area contributed by atoms with E-state index >= 15 is 0 Å². The summed E-state index contributed by atoms with van der Waals surface area (Å²) in [5, 5.41) is 121. The smallest absolute Gasteiger partial charge is 0.220 e. The van der Waals surface area contributed by atoms with Crippen LogP contribution in [0, 0.1) is 0 Å². The zero-order valence-corrected chi connectivity index (χ0v) is 59.7. The van der Waals surface area contributed by atoms with Gasteiger partial charge in [-0.3, -0.25) is 4.79 Å². The lowest BCUT2D eigenvalue weighted by Gasteiger charge is -2.48. The summed E-state index contributed by atoms with van der Waals surface area (Å²) < 4.78 is 34.4. The molecule has 0 radical (unpaired) electrons. The van der Waals surface area contributed by atoms with E-state index in [4.69, 9.17) is 28.4 Å². The molecule has 1 amide bonds. The second-order valence-electron chi connectivity index (χ2n) is 26.4. The highest BCUT2D eigenvalue weighted by atomic mass is 16.8. The number of ether oxygens (including phenoxy) is 6. The van der Waals surface area contributed by atoms with E-state index < -0.39 is 124 Å². The first-order valence-corrected chi connectivity index (χ1v) is 37.8. The van der Waals surface area contributed by atoms with Crippen LogP contribution in [0.1, 0.15) is 239 Å². The molecule has 12 N–H and O–H groups in total. The minimum Gasteiger partial charge on any atom is -0.394 e. The Bertz CT molecular complexity index is 2250. The molecule has 19 nitrogen and oxygen atoms in total. The van der Waals surface area contributed by atoms with Crippen LogP contribution in [0.2, 0.25) is 0 Å². The van der Waals surface area contributed by atoms with Gasteiger partial charge in [-0.15, -0.1) is 0 Å². The van der Waals surface area contributed by atoms with Crippen molar-refractivity contribution in [2.75, 3.05) is 26.4 Å². The van der Waals surface area contributed by atoms with Crippen LogP contribution >= 0.6 is 0 Å². The molecule has 19 heteroatoms. The van der Waals surface area contributed by atoms with Gasteiger partial charge in [-0.2, -0.15) is 0 Å². The van der Waals surface area contributed by atoms with Crippen molar-refractivity contribution in [2.24, 2.45) is 0 Å². The highest BCUT2D eigenvalue weighted by Crippen LogP contribution is 2.33. The standard InChI is InChI=1S/C79H133NO18/c1-3-5-7-9-11-13-15-17-18-19-20-21-22-23-24-25-26-27-28-29-30-31-32-33-34-35-36-37-38-39-40-41-42-43-44-45-47-49-51-53-55-57-67(85)80-62(63(84)56-54-52-50-48-46-16-14-12-10-8-6-4-2)61-93-77-73(91)70(88)75(65(59-82)95-77)98-79-74(92)71(89)76(66(60-83)96-79)97-78-72(90)69(87)68(86)64(58-81)94-78/h5,7,11,13,17-18,20-21,23-24,26-27,29-30,32-33,35-36,38-39,62-66,68-79,81-84,86-92H,3-4,6,8-10,12,14-16,19,22,25,28,31,34,37,40-61H2,1-2H3,(H,80,85)/b7-5-,13-11-,18-17-,21-20-,24-23-,27-26-,30-29-,33-32-,36-35-,39-38-. The van der Waals surface area contributed by atoms with Crippen molar-refractivity contribution in [3.05, 3.63) is 122 Å². The van der Waals surface area contributed by atoms with E-state index in [9.17, 15) is 61.0 Å². The lowest BCUT2D eigenvalue weighted by atomic mass is 9.96. The average Bonchev–Trinajstić information content (AvgIpc) is 0.785. The van der Waals surface area contributed by atoms with Gasteiger partial charge in [0.25, 0.3) is 0 Å². The maximum atomic E-state index is 13.4. The van der Waals surface area contributed by atoms with Gasteiger partial charge in [0, 0.05) is 6.42 Å². The Labute approximate surface area is 588 Å². The number of nitrogens with one attached hydrogen (secondary N) is 1. The van der Waals surface area contributed by atoms with Crippen LogP contribution in [0.5, 0.6) is 0 Å². The first-order chi connectivity index (χ1) is 47.8. The normalized spacial score (nSPS) is 27.5. The van der Waals surface area contributed by atoms with Crippen molar-refractivity contribution >= 4 is 5.91 Å². The Morgan fingerprint density at radius 1 is 0.378 bits per heavy atom. The van der Waals surface area contributed by atoms with E-state index in [2.05, 4.69) is 141 Å². The SMILES string of the molecule is CC/C=C\C/C=C\C/C=C\C/C=C\C/C=C\C/C=C\C/C=C\C/C=C\C/C=C\C/C=C\CCCCCCCCCCCCC(=O)NC(COC1OC(CO)C(OC2OC(CO)C(OC3OC(CO)C(O)C(O)C3O)C(O)C2O)C(O)C1O)C(O)CCCCCCCCCCCCCC. The molecule has 3 saturated heterocycles. The number of aliphatic hydroxyl groups excluding tert-OH is 11. The molecule has 3 aliphatic heterocycles. The molecule has 17 unspecified atom stereocenters. The van der Waals surface area contributed by atoms with Crippen LogP contribution in [0.4, 0.5) is 0 Å². The lowest BCUT2D eigenvalue weighted by Crippen LogP contribution is -2.66. The second kappa shape index (κ2) is 58.7. The molecule has 0 saturated carbocycles. The molecule has 0 aromatic carbocycles. The Morgan fingerprint density at radius 3 is 1.10 bits per heavy atom. The summed E-state index contributed by atoms with van der Waals surface area (Å²) in [6.45, 7) is 1.66. The highest BCUT2D eigenvalue weighted by molar-refractivity contribution is 5.76. The molecule has 0 aromatic rings. The predicted molar refractivity (Wildman–Crippen MR) is 387 cm³/mol. The quantitative estimate of drug-likeness (QED) is 0.0199. The molecular formula is C79H133NO18. The van der Waals surface area contributed by atoms with E-state index in [1.807, 2.05) is 0 Å². The molecule has 3 fully saturated rings. The molecule has 0 bridgehead atoms. The molecule has 98 heavy (non-hydrogen) atoms. The molecule has 3 rings (SSSR count). The predicted octanol–water partition coefficient (Wildman–Crippen LogP) is 11.6. The van der Waals surface area contributed by atoms with Crippen LogP contribution in [-0.4, -0.2) is 193 Å². The molecule has 3 aliphatic rings. The topological polar surface area (TPSA) is 307 Å². The minimum atomic E-state index is -1.98. The first kappa shape index (κ1) is 88.4. The average molecular weight is 1380 g/mol. The van der Waals surface area contributed by atoms with Crippen LogP contribution in [0.25, 0.3) is 0 Å². The van der Waals surface area contributed by atoms with Gasteiger partial charge in [-0.25, -0.2) is 0 Å². The number of allylic oxidation sites excluding steroid dienone is 20. The van der Waals surface area contributed by atoms with Crippen molar-refractivity contribution in [3.63, 3.8) is 0 Å². The zero-order chi connectivity index (χ0) is 71.1. The Morgan fingerprint density at radius 2 is 0.704 bits per heavy atom. The van der Waals surface area contributed by atoms with E-state index in [-0.39, 0.29) is 18.9 Å². The Hall–Kier alpha value is -3.81. The molecular weight excluding hydrogens is 1250 g/mol. The van der Waals surface area contributed by atoms with Crippen LogP contribution in [0.15, 0.2) is 122 Å². The Kier molecular flexibility index (Phi) is 52.9. The largest absolute Gasteiger partial charge is 0.394 e. The van der Waals surface area contributed by atoms with Crippen molar-refractivity contribution in [1.29, 1.82) is 0 Å². The van der Waals surface area contributed by atoms with Crippen molar-refractivity contribution in [3.8, 4) is 0 Å². The van der Waals surface area contributed by atoms with Gasteiger partial charge >= 0.3 is 0 Å². The van der Waals surface area contributed by atoms with Gasteiger partial charge < -0.3 is 89.9 Å². The summed E-state index contributed by atoms with van der Waals surface area (Å²) in [7, 11) is 0. The van der Waals surface area contributed by atoms with E-state index in [0.29, 0.717) is 12.8 Å².